The normalized spacial score (nSPS) is 10.9. The summed E-state index contributed by atoms with van der Waals surface area (Å²) in [4.78, 5) is 26.6. The zero-order valence-corrected chi connectivity index (χ0v) is 18.1. The van der Waals surface area contributed by atoms with E-state index >= 15 is 0 Å². The van der Waals surface area contributed by atoms with Crippen LogP contribution in [0.25, 0.3) is 27.6 Å². The lowest BCUT2D eigenvalue weighted by Crippen LogP contribution is -2.24. The quantitative estimate of drug-likeness (QED) is 0.399. The van der Waals surface area contributed by atoms with Crippen LogP contribution in [0.3, 0.4) is 0 Å². The van der Waals surface area contributed by atoms with Crippen molar-refractivity contribution in [2.24, 2.45) is 0 Å². The van der Waals surface area contributed by atoms with Gasteiger partial charge in [0.25, 0.3) is 5.91 Å². The van der Waals surface area contributed by atoms with Crippen LogP contribution in [0, 0.1) is 5.82 Å². The molecule has 4 aromatic heterocycles. The van der Waals surface area contributed by atoms with Crippen molar-refractivity contribution in [3.05, 3.63) is 88.3 Å². The third kappa shape index (κ3) is 4.18. The molecule has 5 rings (SSSR count). The number of hydrogen-bond acceptors (Lipinski definition) is 7. The SMILES string of the molecule is O=C(NCc1nc(-c2ccncc2)cs1)c1nc(-c2cccs2)n(-c2cccc(F)c2)n1. The average Bonchev–Trinajstić information content (AvgIpc) is 3.58. The van der Waals surface area contributed by atoms with Crippen molar-refractivity contribution >= 4 is 28.6 Å². The molecule has 32 heavy (non-hydrogen) atoms. The highest BCUT2D eigenvalue weighted by Crippen LogP contribution is 2.26. The number of amides is 1. The van der Waals surface area contributed by atoms with Gasteiger partial charge in [0.15, 0.2) is 5.82 Å². The molecule has 1 N–H and O–H groups in total. The molecule has 158 valence electrons. The monoisotopic (exact) mass is 462 g/mol. The molecule has 0 unspecified atom stereocenters. The molecule has 0 saturated heterocycles. The van der Waals surface area contributed by atoms with Crippen LogP contribution in [0.5, 0.6) is 0 Å². The molecule has 4 heterocycles. The van der Waals surface area contributed by atoms with Gasteiger partial charge in [-0.1, -0.05) is 12.1 Å². The van der Waals surface area contributed by atoms with Crippen LogP contribution in [0.1, 0.15) is 15.6 Å². The maximum absolute atomic E-state index is 13.8. The molecule has 0 radical (unpaired) electrons. The lowest BCUT2D eigenvalue weighted by atomic mass is 10.2. The van der Waals surface area contributed by atoms with Crippen molar-refractivity contribution in [3.8, 4) is 27.6 Å². The molecule has 10 heteroatoms. The van der Waals surface area contributed by atoms with Crippen molar-refractivity contribution in [1.82, 2.24) is 30.0 Å². The van der Waals surface area contributed by atoms with Gasteiger partial charge in [-0.2, -0.15) is 0 Å². The Morgan fingerprint density at radius 3 is 2.72 bits per heavy atom. The summed E-state index contributed by atoms with van der Waals surface area (Å²) in [6, 6.07) is 13.5. The highest BCUT2D eigenvalue weighted by Gasteiger charge is 2.20. The van der Waals surface area contributed by atoms with E-state index in [-0.39, 0.29) is 12.4 Å². The first-order chi connectivity index (χ1) is 15.7. The fourth-order valence-corrected chi connectivity index (χ4v) is 4.49. The summed E-state index contributed by atoms with van der Waals surface area (Å²) in [6.45, 7) is 0.247. The third-order valence-corrected chi connectivity index (χ3v) is 6.25. The van der Waals surface area contributed by atoms with Crippen molar-refractivity contribution in [2.75, 3.05) is 0 Å². The molecule has 0 aliphatic rings. The Balaban J connectivity index is 1.37. The van der Waals surface area contributed by atoms with Gasteiger partial charge in [-0.25, -0.2) is 19.0 Å². The fraction of sp³-hybridized carbons (Fsp3) is 0.0455. The Bertz CT molecular complexity index is 1360. The van der Waals surface area contributed by atoms with Gasteiger partial charge in [-0.05, 0) is 41.8 Å². The fourth-order valence-electron chi connectivity index (χ4n) is 3.04. The smallest absolute Gasteiger partial charge is 0.291 e. The van der Waals surface area contributed by atoms with E-state index in [4.69, 9.17) is 0 Å². The summed E-state index contributed by atoms with van der Waals surface area (Å²) in [5.74, 6) is -0.345. The van der Waals surface area contributed by atoms with Crippen LogP contribution < -0.4 is 5.32 Å². The number of aromatic nitrogens is 5. The van der Waals surface area contributed by atoms with Gasteiger partial charge in [0.05, 0.1) is 22.8 Å². The molecule has 0 fully saturated rings. The standard InChI is InChI=1S/C22H15FN6OS2/c23-15-3-1-4-16(11-15)29-21(18-5-2-10-31-18)27-20(28-29)22(30)25-12-19-26-17(13-32-19)14-6-8-24-9-7-14/h1-11,13H,12H2,(H,25,30). The summed E-state index contributed by atoms with van der Waals surface area (Å²) >= 11 is 2.92. The van der Waals surface area contributed by atoms with Crippen molar-refractivity contribution < 1.29 is 9.18 Å². The van der Waals surface area contributed by atoms with Crippen LogP contribution in [0.15, 0.2) is 71.7 Å². The summed E-state index contributed by atoms with van der Waals surface area (Å²) in [7, 11) is 0. The molecule has 0 bridgehead atoms. The molecule has 0 aliphatic heterocycles. The number of carbonyl (C=O) groups is 1. The molecule has 5 aromatic rings. The predicted octanol–water partition coefficient (Wildman–Crippen LogP) is 4.58. The van der Waals surface area contributed by atoms with Crippen LogP contribution in [0.2, 0.25) is 0 Å². The summed E-state index contributed by atoms with van der Waals surface area (Å²) in [5.41, 5.74) is 2.28. The first kappa shape index (κ1) is 20.2. The number of thiophene rings is 1. The minimum Gasteiger partial charge on any atom is -0.343 e. The maximum atomic E-state index is 13.8. The van der Waals surface area contributed by atoms with Crippen molar-refractivity contribution in [3.63, 3.8) is 0 Å². The van der Waals surface area contributed by atoms with Crippen LogP contribution in [-0.4, -0.2) is 30.6 Å². The van der Waals surface area contributed by atoms with E-state index in [1.54, 1.807) is 24.5 Å². The number of hydrogen-bond donors (Lipinski definition) is 1. The summed E-state index contributed by atoms with van der Waals surface area (Å²) in [5, 5.41) is 11.8. The highest BCUT2D eigenvalue weighted by molar-refractivity contribution is 7.13. The Morgan fingerprint density at radius 1 is 1.06 bits per heavy atom. The van der Waals surface area contributed by atoms with Gasteiger partial charge in [0.1, 0.15) is 10.8 Å². The van der Waals surface area contributed by atoms with E-state index in [0.717, 1.165) is 21.1 Å². The molecule has 0 spiro atoms. The molecule has 0 saturated carbocycles. The highest BCUT2D eigenvalue weighted by atomic mass is 32.1. The number of pyridine rings is 1. The minimum absolute atomic E-state index is 0.00331. The van der Waals surface area contributed by atoms with Crippen molar-refractivity contribution in [1.29, 1.82) is 0 Å². The van der Waals surface area contributed by atoms with E-state index in [1.807, 2.05) is 35.0 Å². The Morgan fingerprint density at radius 2 is 1.94 bits per heavy atom. The average molecular weight is 463 g/mol. The Hall–Kier alpha value is -3.76. The molecule has 1 aromatic carbocycles. The second kappa shape index (κ2) is 8.77. The summed E-state index contributed by atoms with van der Waals surface area (Å²) in [6.07, 6.45) is 3.42. The Kier molecular flexibility index (Phi) is 5.53. The topological polar surface area (TPSA) is 85.6 Å². The van der Waals surface area contributed by atoms with Gasteiger partial charge in [0, 0.05) is 23.3 Å². The lowest BCUT2D eigenvalue weighted by molar-refractivity contribution is 0.0940. The van der Waals surface area contributed by atoms with E-state index < -0.39 is 11.7 Å². The van der Waals surface area contributed by atoms with E-state index in [9.17, 15) is 9.18 Å². The number of carbonyl (C=O) groups excluding carboxylic acids is 1. The van der Waals surface area contributed by atoms with Gasteiger partial charge in [-0.3, -0.25) is 9.78 Å². The molecule has 7 nitrogen and oxygen atoms in total. The number of nitrogens with one attached hydrogen (secondary N) is 1. The zero-order chi connectivity index (χ0) is 21.9. The largest absolute Gasteiger partial charge is 0.343 e. The third-order valence-electron chi connectivity index (χ3n) is 4.53. The second-order valence-electron chi connectivity index (χ2n) is 6.67. The van der Waals surface area contributed by atoms with Crippen LogP contribution in [0.4, 0.5) is 4.39 Å². The molecule has 0 aliphatic carbocycles. The second-order valence-corrected chi connectivity index (χ2v) is 8.56. The van der Waals surface area contributed by atoms with Gasteiger partial charge >= 0.3 is 0 Å². The van der Waals surface area contributed by atoms with Gasteiger partial charge in [0.2, 0.25) is 5.82 Å². The number of halogens is 1. The maximum Gasteiger partial charge on any atom is 0.291 e. The van der Waals surface area contributed by atoms with Gasteiger partial charge < -0.3 is 5.32 Å². The first-order valence-corrected chi connectivity index (χ1v) is 11.3. The van der Waals surface area contributed by atoms with E-state index in [0.29, 0.717) is 11.5 Å². The van der Waals surface area contributed by atoms with Crippen LogP contribution in [-0.2, 0) is 6.54 Å². The minimum atomic E-state index is -0.432. The van der Waals surface area contributed by atoms with Crippen molar-refractivity contribution in [2.45, 2.75) is 6.54 Å². The number of benzene rings is 1. The lowest BCUT2D eigenvalue weighted by Gasteiger charge is -2.04. The Labute approximate surface area is 190 Å². The van der Waals surface area contributed by atoms with E-state index in [2.05, 4.69) is 25.4 Å². The molecule has 1 amide bonds. The molecular weight excluding hydrogens is 447 g/mol. The molecule has 0 atom stereocenters. The number of nitrogens with zero attached hydrogens (tertiary/aromatic N) is 5. The van der Waals surface area contributed by atoms with Crippen LogP contribution >= 0.6 is 22.7 Å². The number of thiazole rings is 1. The molecular formula is C22H15FN6OS2. The zero-order valence-electron chi connectivity index (χ0n) is 16.5. The summed E-state index contributed by atoms with van der Waals surface area (Å²) < 4.78 is 15.3. The van der Waals surface area contributed by atoms with E-state index in [1.165, 1.54) is 39.5 Å². The van der Waals surface area contributed by atoms with Gasteiger partial charge in [-0.15, -0.1) is 27.8 Å². The number of rotatable bonds is 6. The first-order valence-electron chi connectivity index (χ1n) is 9.57. The predicted molar refractivity (Wildman–Crippen MR) is 121 cm³/mol.